The summed E-state index contributed by atoms with van der Waals surface area (Å²) in [4.78, 5) is 18.6. The maximum Gasteiger partial charge on any atom is 0.270 e. The standard InChI is InChI=1S/C12H13N5O2/c13-5-7-15-12-14-6-4-11(16-12)9-2-1-3-10(8-9)17(18)19/h1-4,6,8H,5,7,13H2,(H,14,15,16). The van der Waals surface area contributed by atoms with Crippen molar-refractivity contribution in [2.75, 3.05) is 18.4 Å². The molecule has 0 amide bonds. The number of non-ortho nitro benzene ring substituents is 1. The van der Waals surface area contributed by atoms with Gasteiger partial charge in [0.1, 0.15) is 0 Å². The van der Waals surface area contributed by atoms with Crippen LogP contribution >= 0.6 is 0 Å². The first-order valence-electron chi connectivity index (χ1n) is 5.72. The maximum absolute atomic E-state index is 10.7. The van der Waals surface area contributed by atoms with E-state index < -0.39 is 4.92 Å². The van der Waals surface area contributed by atoms with Gasteiger partial charge in [-0.2, -0.15) is 0 Å². The number of hydrogen-bond acceptors (Lipinski definition) is 6. The minimum atomic E-state index is -0.432. The zero-order valence-corrected chi connectivity index (χ0v) is 10.1. The lowest BCUT2D eigenvalue weighted by Gasteiger charge is -2.05. The SMILES string of the molecule is NCCNc1nccc(-c2cccc([N+](=O)[O-])c2)n1. The van der Waals surface area contributed by atoms with Crippen molar-refractivity contribution in [1.82, 2.24) is 9.97 Å². The van der Waals surface area contributed by atoms with Gasteiger partial charge in [0.05, 0.1) is 10.6 Å². The van der Waals surface area contributed by atoms with Crippen molar-refractivity contribution in [2.45, 2.75) is 0 Å². The van der Waals surface area contributed by atoms with E-state index in [1.54, 1.807) is 24.4 Å². The third-order valence-electron chi connectivity index (χ3n) is 2.44. The highest BCUT2D eigenvalue weighted by Gasteiger charge is 2.08. The summed E-state index contributed by atoms with van der Waals surface area (Å²) in [5.74, 6) is 0.453. The second-order valence-electron chi connectivity index (χ2n) is 3.79. The van der Waals surface area contributed by atoms with E-state index in [2.05, 4.69) is 15.3 Å². The van der Waals surface area contributed by atoms with Gasteiger partial charge in [0.15, 0.2) is 0 Å². The number of aromatic nitrogens is 2. The van der Waals surface area contributed by atoms with E-state index in [1.807, 2.05) is 0 Å². The second-order valence-corrected chi connectivity index (χ2v) is 3.79. The lowest BCUT2D eigenvalue weighted by Crippen LogP contribution is -2.14. The predicted molar refractivity (Wildman–Crippen MR) is 71.7 cm³/mol. The molecule has 7 heteroatoms. The number of nitrogens with one attached hydrogen (secondary N) is 1. The summed E-state index contributed by atoms with van der Waals surface area (Å²) in [5.41, 5.74) is 6.72. The maximum atomic E-state index is 10.7. The Kier molecular flexibility index (Phi) is 3.99. The van der Waals surface area contributed by atoms with Gasteiger partial charge in [-0.15, -0.1) is 0 Å². The monoisotopic (exact) mass is 259 g/mol. The molecule has 0 atom stereocenters. The van der Waals surface area contributed by atoms with Crippen LogP contribution in [0.2, 0.25) is 0 Å². The Morgan fingerprint density at radius 2 is 2.21 bits per heavy atom. The highest BCUT2D eigenvalue weighted by Crippen LogP contribution is 2.22. The molecule has 1 heterocycles. The van der Waals surface area contributed by atoms with Crippen LogP contribution in [0.5, 0.6) is 0 Å². The van der Waals surface area contributed by atoms with Gasteiger partial charge in [-0.25, -0.2) is 9.97 Å². The number of nitrogens with zero attached hydrogens (tertiary/aromatic N) is 3. The van der Waals surface area contributed by atoms with Crippen molar-refractivity contribution in [1.29, 1.82) is 0 Å². The molecule has 1 aromatic carbocycles. The Bertz CT molecular complexity index is 588. The highest BCUT2D eigenvalue weighted by molar-refractivity contribution is 5.63. The van der Waals surface area contributed by atoms with E-state index in [9.17, 15) is 10.1 Å². The van der Waals surface area contributed by atoms with Crippen molar-refractivity contribution in [3.63, 3.8) is 0 Å². The molecule has 0 saturated heterocycles. The molecule has 0 spiro atoms. The van der Waals surface area contributed by atoms with E-state index in [-0.39, 0.29) is 5.69 Å². The van der Waals surface area contributed by atoms with Crippen LogP contribution in [0.15, 0.2) is 36.5 Å². The fourth-order valence-corrected chi connectivity index (χ4v) is 1.57. The normalized spacial score (nSPS) is 10.2. The first-order chi connectivity index (χ1) is 9.20. The summed E-state index contributed by atoms with van der Waals surface area (Å²) in [6, 6.07) is 8.02. The Hall–Kier alpha value is -2.54. The molecule has 0 aliphatic rings. The Morgan fingerprint density at radius 3 is 2.95 bits per heavy atom. The fraction of sp³-hybridized carbons (Fsp3) is 0.167. The molecule has 0 saturated carbocycles. The minimum Gasteiger partial charge on any atom is -0.353 e. The van der Waals surface area contributed by atoms with Crippen molar-refractivity contribution >= 4 is 11.6 Å². The van der Waals surface area contributed by atoms with Gasteiger partial charge < -0.3 is 11.1 Å². The molecule has 98 valence electrons. The minimum absolute atomic E-state index is 0.0348. The van der Waals surface area contributed by atoms with Crippen molar-refractivity contribution < 1.29 is 4.92 Å². The first-order valence-corrected chi connectivity index (χ1v) is 5.72. The van der Waals surface area contributed by atoms with E-state index in [1.165, 1.54) is 12.1 Å². The van der Waals surface area contributed by atoms with E-state index in [0.717, 1.165) is 0 Å². The molecule has 0 radical (unpaired) electrons. The summed E-state index contributed by atoms with van der Waals surface area (Å²) in [6.07, 6.45) is 1.60. The summed E-state index contributed by atoms with van der Waals surface area (Å²) in [6.45, 7) is 1.04. The molecular weight excluding hydrogens is 246 g/mol. The van der Waals surface area contributed by atoms with E-state index in [0.29, 0.717) is 30.3 Å². The molecule has 1 aromatic heterocycles. The molecule has 3 N–H and O–H groups in total. The average molecular weight is 259 g/mol. The van der Waals surface area contributed by atoms with Crippen LogP contribution in [0.4, 0.5) is 11.6 Å². The molecule has 0 aliphatic heterocycles. The van der Waals surface area contributed by atoms with Crippen LogP contribution in [-0.2, 0) is 0 Å². The smallest absolute Gasteiger partial charge is 0.270 e. The fourth-order valence-electron chi connectivity index (χ4n) is 1.57. The highest BCUT2D eigenvalue weighted by atomic mass is 16.6. The van der Waals surface area contributed by atoms with Gasteiger partial charge in [-0.05, 0) is 6.07 Å². The third-order valence-corrected chi connectivity index (χ3v) is 2.44. The summed E-state index contributed by atoms with van der Waals surface area (Å²) in [5, 5.41) is 13.7. The quantitative estimate of drug-likeness (QED) is 0.621. The van der Waals surface area contributed by atoms with Gasteiger partial charge >= 0.3 is 0 Å². The van der Waals surface area contributed by atoms with Gasteiger partial charge in [-0.3, -0.25) is 10.1 Å². The lowest BCUT2D eigenvalue weighted by atomic mass is 10.1. The Morgan fingerprint density at radius 1 is 1.37 bits per heavy atom. The molecular formula is C12H13N5O2. The molecule has 19 heavy (non-hydrogen) atoms. The lowest BCUT2D eigenvalue weighted by molar-refractivity contribution is -0.384. The Labute approximate surface area is 109 Å². The van der Waals surface area contributed by atoms with E-state index >= 15 is 0 Å². The van der Waals surface area contributed by atoms with Crippen LogP contribution in [0.25, 0.3) is 11.3 Å². The summed E-state index contributed by atoms with van der Waals surface area (Å²) in [7, 11) is 0. The number of nitro groups is 1. The molecule has 0 fully saturated rings. The summed E-state index contributed by atoms with van der Waals surface area (Å²) < 4.78 is 0. The third kappa shape index (κ3) is 3.23. The molecule has 0 bridgehead atoms. The number of rotatable bonds is 5. The largest absolute Gasteiger partial charge is 0.353 e. The zero-order chi connectivity index (χ0) is 13.7. The molecule has 0 unspecified atom stereocenters. The summed E-state index contributed by atoms with van der Waals surface area (Å²) >= 11 is 0. The molecule has 2 rings (SSSR count). The van der Waals surface area contributed by atoms with Crippen molar-refractivity contribution in [3.8, 4) is 11.3 Å². The average Bonchev–Trinajstić information content (AvgIpc) is 2.45. The van der Waals surface area contributed by atoms with Crippen LogP contribution in [0.3, 0.4) is 0 Å². The van der Waals surface area contributed by atoms with Crippen LogP contribution < -0.4 is 11.1 Å². The number of hydrogen-bond donors (Lipinski definition) is 2. The van der Waals surface area contributed by atoms with Crippen molar-refractivity contribution in [3.05, 3.63) is 46.6 Å². The van der Waals surface area contributed by atoms with Crippen molar-refractivity contribution in [2.24, 2.45) is 5.73 Å². The van der Waals surface area contributed by atoms with Gasteiger partial charge in [-0.1, -0.05) is 12.1 Å². The molecule has 0 aliphatic carbocycles. The topological polar surface area (TPSA) is 107 Å². The first kappa shape index (κ1) is 12.9. The predicted octanol–water partition coefficient (Wildman–Crippen LogP) is 1.42. The second kappa shape index (κ2) is 5.87. The molecule has 7 nitrogen and oxygen atoms in total. The Balaban J connectivity index is 2.30. The van der Waals surface area contributed by atoms with Crippen LogP contribution in [-0.4, -0.2) is 28.0 Å². The van der Waals surface area contributed by atoms with Gasteiger partial charge in [0, 0.05) is 37.0 Å². The number of nitro benzene ring substituents is 1. The number of anilines is 1. The van der Waals surface area contributed by atoms with Crippen LogP contribution in [0, 0.1) is 10.1 Å². The van der Waals surface area contributed by atoms with Gasteiger partial charge in [0.2, 0.25) is 5.95 Å². The van der Waals surface area contributed by atoms with Crippen LogP contribution in [0.1, 0.15) is 0 Å². The number of nitrogens with two attached hydrogens (primary N) is 1. The molecule has 2 aromatic rings. The van der Waals surface area contributed by atoms with E-state index in [4.69, 9.17) is 5.73 Å². The number of benzene rings is 1. The van der Waals surface area contributed by atoms with Gasteiger partial charge in [0.25, 0.3) is 5.69 Å². The zero-order valence-electron chi connectivity index (χ0n) is 10.1.